The summed E-state index contributed by atoms with van der Waals surface area (Å²) >= 11 is 0. The number of carbonyl (C=O) groups excluding carboxylic acids is 1. The topological polar surface area (TPSA) is 113 Å². The first-order valence-corrected chi connectivity index (χ1v) is 11.4. The molecule has 1 amide bonds. The number of fused-ring (bicyclic) bond motifs is 1. The molecule has 9 heteroatoms. The number of aliphatic hydroxyl groups is 2. The molecule has 2 N–H and O–H groups in total. The quantitative estimate of drug-likeness (QED) is 0.526. The maximum absolute atomic E-state index is 13.0. The van der Waals surface area contributed by atoms with Crippen molar-refractivity contribution in [3.8, 4) is 24.2 Å². The number of aromatic nitrogens is 4. The number of aliphatic hydroxyl groups excluding tert-OH is 1. The molecule has 0 bridgehead atoms. The van der Waals surface area contributed by atoms with E-state index in [1.54, 1.807) is 11.9 Å². The van der Waals surface area contributed by atoms with Crippen LogP contribution in [0.25, 0.3) is 11.0 Å². The van der Waals surface area contributed by atoms with Crippen LogP contribution in [0.2, 0.25) is 0 Å². The largest absolute Gasteiger partial charge is 0.388 e. The van der Waals surface area contributed by atoms with Crippen LogP contribution < -0.4 is 5.56 Å². The number of aryl methyl sites for hydroxylation is 1. The van der Waals surface area contributed by atoms with Gasteiger partial charge in [-0.15, -0.1) is 6.42 Å². The number of amides is 1. The van der Waals surface area contributed by atoms with Crippen LogP contribution in [0.15, 0.2) is 41.5 Å². The summed E-state index contributed by atoms with van der Waals surface area (Å²) < 4.78 is 2.80. The zero-order chi connectivity index (χ0) is 25.0. The third-order valence-corrected chi connectivity index (χ3v) is 6.39. The smallest absolute Gasteiger partial charge is 0.281 e. The number of terminal acetylenes is 1. The molecular weight excluding hydrogens is 446 g/mol. The first kappa shape index (κ1) is 24.2. The van der Waals surface area contributed by atoms with E-state index in [4.69, 9.17) is 11.5 Å². The van der Waals surface area contributed by atoms with Crippen molar-refractivity contribution < 1.29 is 15.0 Å². The Bertz CT molecular complexity index is 1380. The second-order valence-electron chi connectivity index (χ2n) is 8.75. The monoisotopic (exact) mass is 473 g/mol. The third-order valence-electron chi connectivity index (χ3n) is 6.39. The van der Waals surface area contributed by atoms with Crippen LogP contribution in [0, 0.1) is 24.2 Å². The first-order valence-electron chi connectivity index (χ1n) is 11.4. The van der Waals surface area contributed by atoms with Gasteiger partial charge in [0.2, 0.25) is 5.91 Å². The van der Waals surface area contributed by atoms with Crippen molar-refractivity contribution in [3.05, 3.63) is 58.3 Å². The number of benzene rings is 1. The zero-order valence-corrected chi connectivity index (χ0v) is 19.5. The molecule has 180 valence electrons. The van der Waals surface area contributed by atoms with Crippen LogP contribution in [-0.2, 0) is 18.4 Å². The summed E-state index contributed by atoms with van der Waals surface area (Å²) in [6, 6.07) is 9.53. The fraction of sp³-hybridized carbons (Fsp3) is 0.385. The normalized spacial score (nSPS) is 15.8. The Morgan fingerprint density at radius 1 is 1.23 bits per heavy atom. The second-order valence-corrected chi connectivity index (χ2v) is 8.75. The molecule has 0 radical (unpaired) electrons. The Hall–Kier alpha value is -3.92. The van der Waals surface area contributed by atoms with Crippen molar-refractivity contribution in [2.45, 2.75) is 37.3 Å². The van der Waals surface area contributed by atoms with Crippen molar-refractivity contribution in [3.63, 3.8) is 0 Å². The third kappa shape index (κ3) is 5.12. The van der Waals surface area contributed by atoms with Crippen LogP contribution in [-0.4, -0.2) is 65.6 Å². The van der Waals surface area contributed by atoms with Crippen molar-refractivity contribution in [1.82, 2.24) is 24.2 Å². The molecule has 1 saturated heterocycles. The standard InChI is InChI=1S/C26H27N5O4/c1-3-19(20-8-5-4-6-9-20)16-22(33)30-13-11-26(35,12-14-30)17-31-18-27-23-21(10-7-15-32)29(2)28-24(23)25(31)34/h1,4-6,8-9,18-19,32,35H,11-17H2,2H3/t19-/m1/s1. The number of rotatable bonds is 5. The maximum Gasteiger partial charge on any atom is 0.281 e. The van der Waals surface area contributed by atoms with Crippen LogP contribution in [0.1, 0.15) is 36.4 Å². The lowest BCUT2D eigenvalue weighted by atomic mass is 9.90. The number of piperidine rings is 1. The van der Waals surface area contributed by atoms with Gasteiger partial charge >= 0.3 is 0 Å². The molecule has 2 aromatic heterocycles. The Morgan fingerprint density at radius 2 is 1.94 bits per heavy atom. The SMILES string of the molecule is C#C[C@H](CC(=O)N1CCC(O)(Cn2cnc3c(C#CCO)n(C)nc3c2=O)CC1)c1ccccc1. The lowest BCUT2D eigenvalue weighted by Crippen LogP contribution is -2.49. The number of carbonyl (C=O) groups is 1. The van der Waals surface area contributed by atoms with E-state index in [1.807, 2.05) is 30.3 Å². The molecule has 3 aromatic rings. The van der Waals surface area contributed by atoms with Gasteiger partial charge in [0.25, 0.3) is 5.56 Å². The number of hydrogen-bond acceptors (Lipinski definition) is 6. The average molecular weight is 474 g/mol. The predicted octanol–water partition coefficient (Wildman–Crippen LogP) is 0.634. The summed E-state index contributed by atoms with van der Waals surface area (Å²) in [4.78, 5) is 31.9. The molecule has 35 heavy (non-hydrogen) atoms. The van der Waals surface area contributed by atoms with Gasteiger partial charge in [-0.2, -0.15) is 5.10 Å². The molecule has 4 rings (SSSR count). The molecule has 1 aliphatic rings. The molecule has 0 spiro atoms. The highest BCUT2D eigenvalue weighted by atomic mass is 16.3. The first-order chi connectivity index (χ1) is 16.8. The number of nitrogens with zero attached hydrogens (tertiary/aromatic N) is 5. The Labute approximate surface area is 203 Å². The van der Waals surface area contributed by atoms with E-state index in [0.29, 0.717) is 37.1 Å². The fourth-order valence-electron chi connectivity index (χ4n) is 4.38. The summed E-state index contributed by atoms with van der Waals surface area (Å²) in [6.45, 7) is 0.473. The number of likely N-dealkylation sites (tertiary alicyclic amines) is 1. The van der Waals surface area contributed by atoms with Crippen molar-refractivity contribution in [2.24, 2.45) is 7.05 Å². The van der Waals surface area contributed by atoms with Crippen LogP contribution >= 0.6 is 0 Å². The highest BCUT2D eigenvalue weighted by molar-refractivity contribution is 5.79. The van der Waals surface area contributed by atoms with Gasteiger partial charge in [-0.05, 0) is 24.3 Å². The highest BCUT2D eigenvalue weighted by Crippen LogP contribution is 2.26. The number of hydrogen-bond donors (Lipinski definition) is 2. The molecular formula is C26H27N5O4. The van der Waals surface area contributed by atoms with E-state index in [9.17, 15) is 14.7 Å². The molecule has 9 nitrogen and oxygen atoms in total. The highest BCUT2D eigenvalue weighted by Gasteiger charge is 2.35. The van der Waals surface area contributed by atoms with Crippen molar-refractivity contribution in [1.29, 1.82) is 0 Å². The van der Waals surface area contributed by atoms with Gasteiger partial charge in [-0.1, -0.05) is 42.2 Å². The summed E-state index contributed by atoms with van der Waals surface area (Å²) in [5.41, 5.74) is 0.325. The molecule has 0 unspecified atom stereocenters. The molecule has 0 aliphatic carbocycles. The van der Waals surface area contributed by atoms with Crippen LogP contribution in [0.4, 0.5) is 0 Å². The van der Waals surface area contributed by atoms with E-state index in [0.717, 1.165) is 5.56 Å². The van der Waals surface area contributed by atoms with Gasteiger partial charge in [0.1, 0.15) is 17.8 Å². The van der Waals surface area contributed by atoms with E-state index in [1.165, 1.54) is 15.6 Å². The van der Waals surface area contributed by atoms with Crippen molar-refractivity contribution >= 4 is 16.9 Å². The lowest BCUT2D eigenvalue weighted by Gasteiger charge is -2.38. The summed E-state index contributed by atoms with van der Waals surface area (Å²) in [5, 5.41) is 24.3. The van der Waals surface area contributed by atoms with Gasteiger partial charge < -0.3 is 15.1 Å². The van der Waals surface area contributed by atoms with Gasteiger partial charge in [0, 0.05) is 26.6 Å². The Kier molecular flexibility index (Phi) is 7.02. The predicted molar refractivity (Wildman–Crippen MR) is 130 cm³/mol. The maximum atomic E-state index is 13.0. The minimum Gasteiger partial charge on any atom is -0.388 e. The Balaban J connectivity index is 1.43. The second kappa shape index (κ2) is 10.1. The van der Waals surface area contributed by atoms with Gasteiger partial charge in [-0.25, -0.2) is 4.98 Å². The van der Waals surface area contributed by atoms with E-state index < -0.39 is 5.60 Å². The molecule has 3 heterocycles. The van der Waals surface area contributed by atoms with E-state index >= 15 is 0 Å². The minimum absolute atomic E-state index is 0.0437. The molecule has 1 atom stereocenters. The van der Waals surface area contributed by atoms with E-state index in [-0.39, 0.29) is 42.5 Å². The molecule has 1 fully saturated rings. The summed E-state index contributed by atoms with van der Waals surface area (Å²) in [7, 11) is 1.65. The lowest BCUT2D eigenvalue weighted by molar-refractivity contribution is -0.136. The van der Waals surface area contributed by atoms with Crippen molar-refractivity contribution in [2.75, 3.05) is 19.7 Å². The van der Waals surface area contributed by atoms with Gasteiger partial charge in [0.15, 0.2) is 5.52 Å². The van der Waals surface area contributed by atoms with Gasteiger partial charge in [0.05, 0.1) is 24.4 Å². The molecule has 0 saturated carbocycles. The summed E-state index contributed by atoms with van der Waals surface area (Å²) in [6.07, 6.45) is 7.91. The Morgan fingerprint density at radius 3 is 2.60 bits per heavy atom. The summed E-state index contributed by atoms with van der Waals surface area (Å²) in [5.74, 6) is 7.65. The van der Waals surface area contributed by atoms with E-state index in [2.05, 4.69) is 27.8 Å². The average Bonchev–Trinajstić information content (AvgIpc) is 3.19. The zero-order valence-electron chi connectivity index (χ0n) is 19.5. The minimum atomic E-state index is -1.16. The van der Waals surface area contributed by atoms with Gasteiger partial charge in [-0.3, -0.25) is 18.8 Å². The molecule has 1 aliphatic heterocycles. The molecule has 1 aromatic carbocycles. The van der Waals surface area contributed by atoms with Crippen LogP contribution in [0.3, 0.4) is 0 Å². The van der Waals surface area contributed by atoms with Crippen LogP contribution in [0.5, 0.6) is 0 Å². The fourth-order valence-corrected chi connectivity index (χ4v) is 4.38.